The van der Waals surface area contributed by atoms with Crippen molar-refractivity contribution in [3.63, 3.8) is 0 Å². The molecule has 2 rings (SSSR count). The highest BCUT2D eigenvalue weighted by Gasteiger charge is 2.12. The quantitative estimate of drug-likeness (QED) is 0.724. The van der Waals surface area contributed by atoms with Crippen LogP contribution in [0.3, 0.4) is 0 Å². The summed E-state index contributed by atoms with van der Waals surface area (Å²) in [6, 6.07) is 1.78. The molecule has 6 heteroatoms. The zero-order chi connectivity index (χ0) is 12.4. The summed E-state index contributed by atoms with van der Waals surface area (Å²) in [5, 5.41) is 0. The van der Waals surface area contributed by atoms with Gasteiger partial charge in [0.05, 0.1) is 7.11 Å². The van der Waals surface area contributed by atoms with Crippen molar-refractivity contribution in [2.75, 3.05) is 7.11 Å². The third kappa shape index (κ3) is 2.15. The normalized spacial score (nSPS) is 10.3. The van der Waals surface area contributed by atoms with Gasteiger partial charge in [-0.15, -0.1) is 0 Å². The van der Waals surface area contributed by atoms with E-state index in [1.54, 1.807) is 30.0 Å². The van der Waals surface area contributed by atoms with Crippen LogP contribution in [-0.4, -0.2) is 32.6 Å². The summed E-state index contributed by atoms with van der Waals surface area (Å²) in [4.78, 5) is 23.7. The first kappa shape index (κ1) is 11.3. The van der Waals surface area contributed by atoms with Crippen molar-refractivity contribution in [1.29, 1.82) is 0 Å². The molecule has 0 bridgehead atoms. The molecule has 0 fully saturated rings. The fourth-order valence-corrected chi connectivity index (χ4v) is 1.48. The molecular formula is C11H12N4O2. The van der Waals surface area contributed by atoms with Crippen molar-refractivity contribution in [2.24, 2.45) is 0 Å². The van der Waals surface area contributed by atoms with E-state index in [2.05, 4.69) is 19.7 Å². The lowest BCUT2D eigenvalue weighted by atomic mass is 10.4. The molecule has 0 unspecified atom stereocenters. The second-order valence-corrected chi connectivity index (χ2v) is 3.53. The van der Waals surface area contributed by atoms with E-state index in [1.165, 1.54) is 7.11 Å². The summed E-state index contributed by atoms with van der Waals surface area (Å²) in [5.74, 6) is 0.898. The van der Waals surface area contributed by atoms with Crippen LogP contribution in [0.5, 0.6) is 0 Å². The van der Waals surface area contributed by atoms with E-state index in [0.29, 0.717) is 11.5 Å². The Morgan fingerprint density at radius 1 is 1.35 bits per heavy atom. The lowest BCUT2D eigenvalue weighted by Gasteiger charge is -2.06. The van der Waals surface area contributed by atoms with Gasteiger partial charge in [0.25, 0.3) is 0 Å². The van der Waals surface area contributed by atoms with Crippen LogP contribution in [0.1, 0.15) is 22.1 Å². The number of carbonyl (C=O) groups is 1. The number of hydrogen-bond donors (Lipinski definition) is 0. The smallest absolute Gasteiger partial charge is 0.376 e. The van der Waals surface area contributed by atoms with Crippen LogP contribution in [0.2, 0.25) is 0 Å². The SMILES string of the molecule is COC(=O)c1nc(C)cc(-n2ccnc2C)n1. The van der Waals surface area contributed by atoms with E-state index in [-0.39, 0.29) is 5.82 Å². The Morgan fingerprint density at radius 2 is 2.12 bits per heavy atom. The summed E-state index contributed by atoms with van der Waals surface area (Å²) in [7, 11) is 1.30. The first-order chi connectivity index (χ1) is 8.11. The number of ether oxygens (including phenoxy) is 1. The molecule has 0 radical (unpaired) electrons. The van der Waals surface area contributed by atoms with Crippen molar-refractivity contribution in [2.45, 2.75) is 13.8 Å². The van der Waals surface area contributed by atoms with Crippen LogP contribution in [0.4, 0.5) is 0 Å². The number of carbonyl (C=O) groups excluding carboxylic acids is 1. The summed E-state index contributed by atoms with van der Waals surface area (Å²) in [5.41, 5.74) is 0.698. The third-order valence-electron chi connectivity index (χ3n) is 2.28. The van der Waals surface area contributed by atoms with Gasteiger partial charge < -0.3 is 4.74 Å². The number of hydrogen-bond acceptors (Lipinski definition) is 5. The minimum absolute atomic E-state index is 0.0515. The maximum atomic E-state index is 11.4. The van der Waals surface area contributed by atoms with Crippen molar-refractivity contribution in [3.05, 3.63) is 35.8 Å². The standard InChI is InChI=1S/C11H12N4O2/c1-7-6-9(15-5-4-12-8(15)2)14-10(13-7)11(16)17-3/h4-6H,1-3H3. The zero-order valence-corrected chi connectivity index (χ0v) is 9.84. The zero-order valence-electron chi connectivity index (χ0n) is 9.84. The highest BCUT2D eigenvalue weighted by molar-refractivity contribution is 5.85. The number of aryl methyl sites for hydroxylation is 2. The molecule has 2 aromatic rings. The van der Waals surface area contributed by atoms with Crippen molar-refractivity contribution in [1.82, 2.24) is 19.5 Å². The molecule has 0 saturated carbocycles. The molecule has 0 spiro atoms. The van der Waals surface area contributed by atoms with Crippen LogP contribution in [0.25, 0.3) is 5.82 Å². The van der Waals surface area contributed by atoms with Crippen LogP contribution < -0.4 is 0 Å². The predicted molar refractivity (Wildman–Crippen MR) is 60.0 cm³/mol. The first-order valence-corrected chi connectivity index (χ1v) is 5.06. The van der Waals surface area contributed by atoms with Gasteiger partial charge in [0.15, 0.2) is 0 Å². The Hall–Kier alpha value is -2.24. The Balaban J connectivity index is 2.53. The van der Waals surface area contributed by atoms with E-state index >= 15 is 0 Å². The number of aromatic nitrogens is 4. The van der Waals surface area contributed by atoms with Crippen molar-refractivity contribution in [3.8, 4) is 5.82 Å². The highest BCUT2D eigenvalue weighted by atomic mass is 16.5. The van der Waals surface area contributed by atoms with Crippen LogP contribution >= 0.6 is 0 Å². The molecule has 0 aliphatic rings. The minimum atomic E-state index is -0.548. The third-order valence-corrected chi connectivity index (χ3v) is 2.28. The molecule has 0 saturated heterocycles. The highest BCUT2D eigenvalue weighted by Crippen LogP contribution is 2.09. The van der Waals surface area contributed by atoms with Gasteiger partial charge in [-0.2, -0.15) is 0 Å². The number of nitrogens with zero attached hydrogens (tertiary/aromatic N) is 4. The fraction of sp³-hybridized carbons (Fsp3) is 0.273. The molecule has 6 nitrogen and oxygen atoms in total. The van der Waals surface area contributed by atoms with E-state index in [4.69, 9.17) is 0 Å². The predicted octanol–water partition coefficient (Wildman–Crippen LogP) is 1.07. The molecule has 17 heavy (non-hydrogen) atoms. The molecule has 88 valence electrons. The molecule has 0 amide bonds. The summed E-state index contributed by atoms with van der Waals surface area (Å²) >= 11 is 0. The molecular weight excluding hydrogens is 220 g/mol. The van der Waals surface area contributed by atoms with E-state index < -0.39 is 5.97 Å². The van der Waals surface area contributed by atoms with Gasteiger partial charge in [-0.05, 0) is 13.8 Å². The van der Waals surface area contributed by atoms with Gasteiger partial charge in [0.2, 0.25) is 5.82 Å². The van der Waals surface area contributed by atoms with Gasteiger partial charge in [-0.25, -0.2) is 19.7 Å². The second kappa shape index (κ2) is 4.32. The average molecular weight is 232 g/mol. The lowest BCUT2D eigenvalue weighted by Crippen LogP contribution is -2.11. The molecule has 2 heterocycles. The number of rotatable bonds is 2. The molecule has 0 aliphatic carbocycles. The molecule has 0 atom stereocenters. The lowest BCUT2D eigenvalue weighted by molar-refractivity contribution is 0.0586. The molecule has 2 aromatic heterocycles. The molecule has 0 N–H and O–H groups in total. The number of methoxy groups -OCH3 is 1. The Morgan fingerprint density at radius 3 is 2.71 bits per heavy atom. The molecule has 0 aromatic carbocycles. The van der Waals surface area contributed by atoms with Crippen LogP contribution in [-0.2, 0) is 4.74 Å². The second-order valence-electron chi connectivity index (χ2n) is 3.53. The topological polar surface area (TPSA) is 69.9 Å². The maximum absolute atomic E-state index is 11.4. The first-order valence-electron chi connectivity index (χ1n) is 5.06. The van der Waals surface area contributed by atoms with E-state index in [0.717, 1.165) is 5.82 Å². The number of esters is 1. The summed E-state index contributed by atoms with van der Waals surface area (Å²) < 4.78 is 6.38. The largest absolute Gasteiger partial charge is 0.463 e. The van der Waals surface area contributed by atoms with Crippen molar-refractivity contribution >= 4 is 5.97 Å². The van der Waals surface area contributed by atoms with Gasteiger partial charge >= 0.3 is 5.97 Å². The minimum Gasteiger partial charge on any atom is -0.463 e. The van der Waals surface area contributed by atoms with Crippen LogP contribution in [0, 0.1) is 13.8 Å². The average Bonchev–Trinajstić information content (AvgIpc) is 2.73. The van der Waals surface area contributed by atoms with E-state index in [1.807, 2.05) is 6.92 Å². The Bertz CT molecular complexity index is 562. The van der Waals surface area contributed by atoms with Gasteiger partial charge in [0, 0.05) is 24.2 Å². The van der Waals surface area contributed by atoms with Gasteiger partial charge in [-0.3, -0.25) is 4.57 Å². The summed E-state index contributed by atoms with van der Waals surface area (Å²) in [6.45, 7) is 3.65. The van der Waals surface area contributed by atoms with Crippen molar-refractivity contribution < 1.29 is 9.53 Å². The van der Waals surface area contributed by atoms with Gasteiger partial charge in [0.1, 0.15) is 11.6 Å². The van der Waals surface area contributed by atoms with Gasteiger partial charge in [-0.1, -0.05) is 0 Å². The molecule has 0 aliphatic heterocycles. The fourth-order valence-electron chi connectivity index (χ4n) is 1.48. The van der Waals surface area contributed by atoms with Crippen LogP contribution in [0.15, 0.2) is 18.5 Å². The Kier molecular flexibility index (Phi) is 2.86. The summed E-state index contributed by atoms with van der Waals surface area (Å²) in [6.07, 6.45) is 3.45. The Labute approximate surface area is 98.3 Å². The number of imidazole rings is 1. The van der Waals surface area contributed by atoms with E-state index in [9.17, 15) is 4.79 Å². The maximum Gasteiger partial charge on any atom is 0.376 e. The monoisotopic (exact) mass is 232 g/mol.